The van der Waals surface area contributed by atoms with Gasteiger partial charge >= 0.3 is 5.97 Å². The number of carbonyl (C=O) groups is 4. The summed E-state index contributed by atoms with van der Waals surface area (Å²) in [5.41, 5.74) is 1.05. The number of Topliss-reactive ketones (excluding diaryl/α,β-unsaturated/α-hetero) is 1. The zero-order valence-corrected chi connectivity index (χ0v) is 19.9. The van der Waals surface area contributed by atoms with E-state index in [9.17, 15) is 19.2 Å². The molecule has 1 unspecified atom stereocenters. The summed E-state index contributed by atoms with van der Waals surface area (Å²) in [5, 5.41) is 0. The number of ether oxygens (including phenoxy) is 2. The van der Waals surface area contributed by atoms with E-state index in [0.29, 0.717) is 17.0 Å². The van der Waals surface area contributed by atoms with Crippen LogP contribution in [-0.2, 0) is 14.3 Å². The molecule has 0 aromatic heterocycles. The van der Waals surface area contributed by atoms with Gasteiger partial charge in [-0.2, -0.15) is 0 Å². The minimum absolute atomic E-state index is 0.155. The van der Waals surface area contributed by atoms with Crippen LogP contribution in [0.3, 0.4) is 0 Å². The van der Waals surface area contributed by atoms with Gasteiger partial charge in [-0.1, -0.05) is 6.92 Å². The Morgan fingerprint density at radius 1 is 0.914 bits per heavy atom. The van der Waals surface area contributed by atoms with Crippen LogP contribution in [0.4, 0.5) is 5.69 Å². The predicted molar refractivity (Wildman–Crippen MR) is 129 cm³/mol. The predicted octanol–water partition coefficient (Wildman–Crippen LogP) is 2.00. The molecular formula is C26H29N3O6. The Morgan fingerprint density at radius 2 is 1.54 bits per heavy atom. The average molecular weight is 480 g/mol. The van der Waals surface area contributed by atoms with Crippen molar-refractivity contribution in [1.82, 2.24) is 9.80 Å². The van der Waals surface area contributed by atoms with Gasteiger partial charge in [-0.15, -0.1) is 0 Å². The summed E-state index contributed by atoms with van der Waals surface area (Å²) < 4.78 is 10.2. The molecule has 2 amide bonds. The minimum Gasteiger partial charge on any atom is -0.497 e. The maximum Gasteiger partial charge on any atom is 0.338 e. The summed E-state index contributed by atoms with van der Waals surface area (Å²) in [6.45, 7) is 5.96. The Kier molecular flexibility index (Phi) is 7.57. The van der Waals surface area contributed by atoms with Gasteiger partial charge in [0.2, 0.25) is 5.91 Å². The number of nitrogens with zero attached hydrogens (tertiary/aromatic N) is 3. The van der Waals surface area contributed by atoms with Crippen LogP contribution in [0.15, 0.2) is 48.5 Å². The number of rotatable bonds is 8. The first-order valence-corrected chi connectivity index (χ1v) is 11.7. The van der Waals surface area contributed by atoms with Gasteiger partial charge in [-0.05, 0) is 55.1 Å². The molecule has 184 valence electrons. The molecule has 9 heteroatoms. The van der Waals surface area contributed by atoms with Crippen LogP contribution >= 0.6 is 0 Å². The molecule has 2 aliphatic heterocycles. The third-order valence-corrected chi connectivity index (χ3v) is 6.53. The SMILES string of the molecule is CCN1CCN(C2CC(=O)N(c3ccc(C(=O)OCC(=O)c4ccc(OC)cc4)cc3)C2=O)CC1. The molecule has 0 spiro atoms. The summed E-state index contributed by atoms with van der Waals surface area (Å²) in [7, 11) is 1.53. The van der Waals surface area contributed by atoms with E-state index in [2.05, 4.69) is 16.7 Å². The first-order chi connectivity index (χ1) is 16.9. The molecule has 2 fully saturated rings. The first kappa shape index (κ1) is 24.6. The number of hydrogen-bond acceptors (Lipinski definition) is 8. The van der Waals surface area contributed by atoms with Crippen molar-refractivity contribution < 1.29 is 28.7 Å². The summed E-state index contributed by atoms with van der Waals surface area (Å²) >= 11 is 0. The van der Waals surface area contributed by atoms with Crippen molar-refractivity contribution in [2.75, 3.05) is 51.3 Å². The molecule has 0 radical (unpaired) electrons. The molecule has 2 aliphatic rings. The molecule has 2 heterocycles. The van der Waals surface area contributed by atoms with Crippen LogP contribution < -0.4 is 9.64 Å². The van der Waals surface area contributed by atoms with Crippen molar-refractivity contribution in [3.05, 3.63) is 59.7 Å². The lowest BCUT2D eigenvalue weighted by Crippen LogP contribution is -2.52. The van der Waals surface area contributed by atoms with Gasteiger partial charge in [0.1, 0.15) is 5.75 Å². The Labute approximate surface area is 204 Å². The zero-order chi connectivity index (χ0) is 24.9. The van der Waals surface area contributed by atoms with E-state index in [1.54, 1.807) is 36.4 Å². The lowest BCUT2D eigenvalue weighted by molar-refractivity contribution is -0.123. The van der Waals surface area contributed by atoms with E-state index in [1.807, 2.05) is 0 Å². The molecule has 4 rings (SSSR count). The lowest BCUT2D eigenvalue weighted by atomic mass is 10.1. The second-order valence-electron chi connectivity index (χ2n) is 8.53. The molecule has 2 aromatic rings. The smallest absolute Gasteiger partial charge is 0.338 e. The maximum atomic E-state index is 13.1. The molecule has 0 N–H and O–H groups in total. The lowest BCUT2D eigenvalue weighted by Gasteiger charge is -2.36. The Bertz CT molecular complexity index is 1090. The standard InChI is InChI=1S/C26H29N3O6/c1-3-27-12-14-28(15-13-27)22-16-24(31)29(25(22)32)20-8-4-19(5-9-20)26(33)35-17-23(30)18-6-10-21(34-2)11-7-18/h4-11,22H,3,12-17H2,1-2H3. The number of carbonyl (C=O) groups excluding carboxylic acids is 4. The summed E-state index contributed by atoms with van der Waals surface area (Å²) in [5.74, 6) is -0.862. The molecule has 2 saturated heterocycles. The quantitative estimate of drug-likeness (QED) is 0.322. The second kappa shape index (κ2) is 10.8. The highest BCUT2D eigenvalue weighted by atomic mass is 16.5. The van der Waals surface area contributed by atoms with Crippen LogP contribution in [0.1, 0.15) is 34.1 Å². The number of methoxy groups -OCH3 is 1. The number of likely N-dealkylation sites (N-methyl/N-ethyl adjacent to an activating group) is 1. The summed E-state index contributed by atoms with van der Waals surface area (Å²) in [4.78, 5) is 56.0. The molecular weight excluding hydrogens is 450 g/mol. The molecule has 2 aromatic carbocycles. The van der Waals surface area contributed by atoms with E-state index in [4.69, 9.17) is 9.47 Å². The Hall–Kier alpha value is -3.56. The number of amides is 2. The van der Waals surface area contributed by atoms with Gasteiger partial charge in [0.15, 0.2) is 12.4 Å². The molecule has 35 heavy (non-hydrogen) atoms. The number of esters is 1. The fourth-order valence-electron chi connectivity index (χ4n) is 4.38. The van der Waals surface area contributed by atoms with Gasteiger partial charge in [-0.25, -0.2) is 9.69 Å². The fourth-order valence-corrected chi connectivity index (χ4v) is 4.38. The van der Waals surface area contributed by atoms with Crippen molar-refractivity contribution in [2.45, 2.75) is 19.4 Å². The minimum atomic E-state index is -0.663. The van der Waals surface area contributed by atoms with E-state index in [-0.39, 0.29) is 29.6 Å². The van der Waals surface area contributed by atoms with Crippen molar-refractivity contribution in [2.24, 2.45) is 0 Å². The number of imide groups is 1. The van der Waals surface area contributed by atoms with Gasteiger partial charge in [-0.3, -0.25) is 19.3 Å². The van der Waals surface area contributed by atoms with E-state index in [1.165, 1.54) is 24.1 Å². The normalized spacial score (nSPS) is 19.1. The second-order valence-corrected chi connectivity index (χ2v) is 8.53. The van der Waals surface area contributed by atoms with E-state index < -0.39 is 18.6 Å². The van der Waals surface area contributed by atoms with Crippen LogP contribution in [-0.4, -0.2) is 85.8 Å². The maximum absolute atomic E-state index is 13.1. The number of piperazine rings is 1. The average Bonchev–Trinajstić information content (AvgIpc) is 3.20. The third kappa shape index (κ3) is 5.41. The number of hydrogen-bond donors (Lipinski definition) is 0. The van der Waals surface area contributed by atoms with Crippen LogP contribution in [0.25, 0.3) is 0 Å². The number of benzene rings is 2. The zero-order valence-electron chi connectivity index (χ0n) is 19.9. The van der Waals surface area contributed by atoms with Gasteiger partial charge in [0.25, 0.3) is 5.91 Å². The highest BCUT2D eigenvalue weighted by molar-refractivity contribution is 6.22. The van der Waals surface area contributed by atoms with Gasteiger partial charge in [0.05, 0.1) is 30.8 Å². The largest absolute Gasteiger partial charge is 0.497 e. The Balaban J connectivity index is 1.34. The Morgan fingerprint density at radius 3 is 2.14 bits per heavy atom. The fraction of sp³-hybridized carbons (Fsp3) is 0.385. The van der Waals surface area contributed by atoms with Crippen molar-refractivity contribution in [3.63, 3.8) is 0 Å². The van der Waals surface area contributed by atoms with Crippen molar-refractivity contribution in [3.8, 4) is 5.75 Å². The molecule has 0 saturated carbocycles. The summed E-state index contributed by atoms with van der Waals surface area (Å²) in [6.07, 6.45) is 0.155. The van der Waals surface area contributed by atoms with Crippen LogP contribution in [0.2, 0.25) is 0 Å². The topological polar surface area (TPSA) is 96.5 Å². The van der Waals surface area contributed by atoms with Crippen LogP contribution in [0, 0.1) is 0 Å². The van der Waals surface area contributed by atoms with Crippen molar-refractivity contribution >= 4 is 29.3 Å². The highest BCUT2D eigenvalue weighted by Gasteiger charge is 2.43. The molecule has 1 atom stereocenters. The first-order valence-electron chi connectivity index (χ1n) is 11.7. The molecule has 0 aliphatic carbocycles. The van der Waals surface area contributed by atoms with E-state index >= 15 is 0 Å². The highest BCUT2D eigenvalue weighted by Crippen LogP contribution is 2.27. The third-order valence-electron chi connectivity index (χ3n) is 6.53. The van der Waals surface area contributed by atoms with Crippen molar-refractivity contribution in [1.29, 1.82) is 0 Å². The molecule has 0 bridgehead atoms. The van der Waals surface area contributed by atoms with E-state index in [0.717, 1.165) is 32.7 Å². The summed E-state index contributed by atoms with van der Waals surface area (Å²) in [6, 6.07) is 12.1. The van der Waals surface area contributed by atoms with Crippen LogP contribution in [0.5, 0.6) is 5.75 Å². The number of ketones is 1. The molecule has 9 nitrogen and oxygen atoms in total. The van der Waals surface area contributed by atoms with Gasteiger partial charge < -0.3 is 14.4 Å². The van der Waals surface area contributed by atoms with Gasteiger partial charge in [0, 0.05) is 31.7 Å². The monoisotopic (exact) mass is 479 g/mol. The number of anilines is 1.